The molecule has 1 rings (SSSR count). The van der Waals surface area contributed by atoms with Crippen LogP contribution in [-0.4, -0.2) is 19.6 Å². The van der Waals surface area contributed by atoms with Crippen LogP contribution < -0.4 is 5.73 Å². The van der Waals surface area contributed by atoms with E-state index in [1.54, 1.807) is 0 Å². The third-order valence-corrected chi connectivity index (χ3v) is 1.33. The van der Waals surface area contributed by atoms with Gasteiger partial charge in [-0.3, -0.25) is 4.79 Å². The van der Waals surface area contributed by atoms with E-state index in [-0.39, 0.29) is 12.5 Å². The van der Waals surface area contributed by atoms with Crippen molar-refractivity contribution in [2.75, 3.05) is 13.7 Å². The second-order valence-electron chi connectivity index (χ2n) is 2.43. The molecule has 3 heteroatoms. The zero-order valence-corrected chi connectivity index (χ0v) is 14.0. The third-order valence-electron chi connectivity index (χ3n) is 1.33. The van der Waals surface area contributed by atoms with Gasteiger partial charge in [-0.1, -0.05) is 77.4 Å². The van der Waals surface area contributed by atoms with Crippen LogP contribution in [-0.2, 0) is 9.53 Å². The molecule has 0 radical (unpaired) electrons. The quantitative estimate of drug-likeness (QED) is 0.779. The predicted octanol–water partition coefficient (Wildman–Crippen LogP) is 4.19. The van der Waals surface area contributed by atoms with E-state index in [4.69, 9.17) is 5.73 Å². The summed E-state index contributed by atoms with van der Waals surface area (Å²) in [5.41, 5.74) is 6.13. The summed E-state index contributed by atoms with van der Waals surface area (Å²) in [4.78, 5) is 9.83. The summed E-state index contributed by atoms with van der Waals surface area (Å²) in [5, 5.41) is 0. The van der Waals surface area contributed by atoms with Crippen LogP contribution in [0.5, 0.6) is 0 Å². The molecule has 0 amide bonds. The first-order valence-corrected chi connectivity index (χ1v) is 6.99. The van der Waals surface area contributed by atoms with Crippen molar-refractivity contribution >= 4 is 5.97 Å². The van der Waals surface area contributed by atoms with Gasteiger partial charge < -0.3 is 10.5 Å². The lowest BCUT2D eigenvalue weighted by Crippen LogP contribution is -2.14. The maximum atomic E-state index is 9.83. The minimum Gasteiger partial charge on any atom is -0.468 e. The molecule has 19 heavy (non-hydrogen) atoms. The fourth-order valence-electron chi connectivity index (χ4n) is 0.618. The Hall–Kier alpha value is -1.35. The molecule has 1 aromatic carbocycles. The molecule has 0 aliphatic rings. The Morgan fingerprint density at radius 2 is 1.37 bits per heavy atom. The SMILES string of the molecule is CC.CC.CC.COC(=O)CN.Cc1ccccc1. The van der Waals surface area contributed by atoms with Crippen LogP contribution in [0.15, 0.2) is 30.3 Å². The minimum atomic E-state index is -0.380. The summed E-state index contributed by atoms with van der Waals surface area (Å²) in [6.07, 6.45) is 0. The fraction of sp³-hybridized carbons (Fsp3) is 0.562. The van der Waals surface area contributed by atoms with Crippen molar-refractivity contribution in [1.82, 2.24) is 0 Å². The van der Waals surface area contributed by atoms with Crippen molar-refractivity contribution < 1.29 is 9.53 Å². The lowest BCUT2D eigenvalue weighted by atomic mass is 10.2. The smallest absolute Gasteiger partial charge is 0.319 e. The normalized spacial score (nSPS) is 6.58. The van der Waals surface area contributed by atoms with Crippen LogP contribution in [0.2, 0.25) is 0 Å². The Balaban J connectivity index is -0.0000000858. The number of ether oxygens (including phenoxy) is 1. The lowest BCUT2D eigenvalue weighted by molar-refractivity contribution is -0.138. The summed E-state index contributed by atoms with van der Waals surface area (Å²) < 4.78 is 4.14. The van der Waals surface area contributed by atoms with Gasteiger partial charge in [-0.2, -0.15) is 0 Å². The summed E-state index contributed by atoms with van der Waals surface area (Å²) >= 11 is 0. The molecule has 2 N–H and O–H groups in total. The first-order valence-electron chi connectivity index (χ1n) is 6.99. The van der Waals surface area contributed by atoms with Crippen molar-refractivity contribution in [1.29, 1.82) is 0 Å². The zero-order valence-electron chi connectivity index (χ0n) is 14.0. The topological polar surface area (TPSA) is 52.3 Å². The van der Waals surface area contributed by atoms with E-state index in [1.807, 2.05) is 59.7 Å². The monoisotopic (exact) mass is 271 g/mol. The molecular weight excluding hydrogens is 238 g/mol. The van der Waals surface area contributed by atoms with E-state index in [1.165, 1.54) is 12.7 Å². The van der Waals surface area contributed by atoms with Crippen LogP contribution in [0.3, 0.4) is 0 Å². The largest absolute Gasteiger partial charge is 0.468 e. The molecule has 0 aliphatic carbocycles. The molecule has 3 nitrogen and oxygen atoms in total. The number of carbonyl (C=O) groups excluding carboxylic acids is 1. The van der Waals surface area contributed by atoms with Crippen molar-refractivity contribution in [3.63, 3.8) is 0 Å². The van der Waals surface area contributed by atoms with Crippen LogP contribution in [0.25, 0.3) is 0 Å². The molecule has 0 saturated heterocycles. The Bertz CT molecular complexity index is 230. The highest BCUT2D eigenvalue weighted by atomic mass is 16.5. The Morgan fingerprint density at radius 1 is 1.00 bits per heavy atom. The number of hydrogen-bond donors (Lipinski definition) is 1. The Morgan fingerprint density at radius 3 is 1.47 bits per heavy atom. The van der Waals surface area contributed by atoms with Crippen LogP contribution in [0.1, 0.15) is 47.1 Å². The molecule has 0 fully saturated rings. The van der Waals surface area contributed by atoms with Gasteiger partial charge in [0.05, 0.1) is 13.7 Å². The van der Waals surface area contributed by atoms with Gasteiger partial charge in [-0.15, -0.1) is 0 Å². The van der Waals surface area contributed by atoms with E-state index in [2.05, 4.69) is 23.8 Å². The number of methoxy groups -OCH3 is 1. The van der Waals surface area contributed by atoms with Gasteiger partial charge in [0.15, 0.2) is 0 Å². The molecule has 0 heterocycles. The molecule has 114 valence electrons. The van der Waals surface area contributed by atoms with Crippen molar-refractivity contribution in [3.8, 4) is 0 Å². The first kappa shape index (κ1) is 26.3. The molecule has 0 unspecified atom stereocenters. The molecule has 0 saturated carbocycles. The highest BCUT2D eigenvalue weighted by molar-refractivity contribution is 5.70. The highest BCUT2D eigenvalue weighted by Crippen LogP contribution is 1.92. The Kier molecular flexibility index (Phi) is 41.5. The van der Waals surface area contributed by atoms with Gasteiger partial charge in [0.25, 0.3) is 0 Å². The van der Waals surface area contributed by atoms with Gasteiger partial charge >= 0.3 is 5.97 Å². The van der Waals surface area contributed by atoms with Gasteiger partial charge in [0.2, 0.25) is 0 Å². The third kappa shape index (κ3) is 31.5. The summed E-state index contributed by atoms with van der Waals surface area (Å²) in [5.74, 6) is -0.380. The standard InChI is InChI=1S/C7H8.C3H7NO2.3C2H6/c1-7-5-3-2-4-6-7;1-6-3(5)2-4;3*1-2/h2-6H,1H3;2,4H2,1H3;3*1-2H3. The number of rotatable bonds is 1. The van der Waals surface area contributed by atoms with Gasteiger partial charge in [-0.25, -0.2) is 0 Å². The molecule has 0 atom stereocenters. The second-order valence-corrected chi connectivity index (χ2v) is 2.43. The molecule has 0 aromatic heterocycles. The number of nitrogens with two attached hydrogens (primary N) is 1. The van der Waals surface area contributed by atoms with E-state index < -0.39 is 0 Å². The zero-order chi connectivity index (χ0) is 16.1. The summed E-state index contributed by atoms with van der Waals surface area (Å²) in [6, 6.07) is 10.3. The fourth-order valence-corrected chi connectivity index (χ4v) is 0.618. The van der Waals surface area contributed by atoms with E-state index in [9.17, 15) is 4.79 Å². The average Bonchev–Trinajstić information content (AvgIpc) is 2.53. The lowest BCUT2D eigenvalue weighted by Gasteiger charge is -1.87. The van der Waals surface area contributed by atoms with Gasteiger partial charge in [-0.05, 0) is 6.92 Å². The van der Waals surface area contributed by atoms with Crippen LogP contribution in [0.4, 0.5) is 0 Å². The second kappa shape index (κ2) is 30.0. The van der Waals surface area contributed by atoms with E-state index >= 15 is 0 Å². The maximum absolute atomic E-state index is 9.83. The number of aryl methyl sites for hydroxylation is 1. The first-order chi connectivity index (χ1) is 9.20. The maximum Gasteiger partial charge on any atom is 0.319 e. The van der Waals surface area contributed by atoms with Crippen molar-refractivity contribution in [2.24, 2.45) is 5.73 Å². The van der Waals surface area contributed by atoms with Crippen molar-refractivity contribution in [3.05, 3.63) is 35.9 Å². The molecule has 0 spiro atoms. The van der Waals surface area contributed by atoms with E-state index in [0.717, 1.165) is 0 Å². The molecular formula is C16H33NO2. The van der Waals surface area contributed by atoms with E-state index in [0.29, 0.717) is 0 Å². The predicted molar refractivity (Wildman–Crippen MR) is 86.3 cm³/mol. The molecule has 0 aliphatic heterocycles. The summed E-state index contributed by atoms with van der Waals surface area (Å²) in [6.45, 7) is 14.1. The average molecular weight is 271 g/mol. The van der Waals surface area contributed by atoms with Gasteiger partial charge in [0, 0.05) is 0 Å². The number of hydrogen-bond acceptors (Lipinski definition) is 3. The van der Waals surface area contributed by atoms with Gasteiger partial charge in [0.1, 0.15) is 0 Å². The van der Waals surface area contributed by atoms with Crippen LogP contribution in [0, 0.1) is 6.92 Å². The molecule has 0 bridgehead atoms. The van der Waals surface area contributed by atoms with Crippen molar-refractivity contribution in [2.45, 2.75) is 48.5 Å². The highest BCUT2D eigenvalue weighted by Gasteiger charge is 1.87. The van der Waals surface area contributed by atoms with Crippen LogP contribution >= 0.6 is 0 Å². The number of benzene rings is 1. The number of esters is 1. The Labute approximate surface area is 120 Å². The minimum absolute atomic E-state index is 0.0312. The number of carbonyl (C=O) groups is 1. The summed E-state index contributed by atoms with van der Waals surface area (Å²) in [7, 11) is 1.30. The molecule has 1 aromatic rings.